The van der Waals surface area contributed by atoms with Gasteiger partial charge in [-0.2, -0.15) is 11.3 Å². The summed E-state index contributed by atoms with van der Waals surface area (Å²) < 4.78 is 10.6. The minimum atomic E-state index is 0.123. The Bertz CT molecular complexity index is 480. The van der Waals surface area contributed by atoms with Gasteiger partial charge in [0.25, 0.3) is 0 Å². The highest BCUT2D eigenvalue weighted by atomic mass is 32.1. The zero-order valence-corrected chi connectivity index (χ0v) is 10.7. The van der Waals surface area contributed by atoms with Gasteiger partial charge in [-0.05, 0) is 40.1 Å². The van der Waals surface area contributed by atoms with Crippen molar-refractivity contribution in [3.05, 3.63) is 41.1 Å². The third kappa shape index (κ3) is 3.68. The third-order valence-electron chi connectivity index (χ3n) is 2.37. The van der Waals surface area contributed by atoms with Crippen molar-refractivity contribution >= 4 is 17.6 Å². The SMILES string of the molecule is O=CCOCCOc1cccc(-c2ccsc2)c1. The molecule has 4 heteroatoms. The summed E-state index contributed by atoms with van der Waals surface area (Å²) in [6.07, 6.45) is 0.733. The second kappa shape index (κ2) is 6.93. The van der Waals surface area contributed by atoms with Crippen LogP contribution in [0, 0.1) is 0 Å². The molecule has 0 aliphatic heterocycles. The molecule has 1 aromatic carbocycles. The minimum absolute atomic E-state index is 0.123. The molecule has 0 aliphatic carbocycles. The Morgan fingerprint density at radius 1 is 1.17 bits per heavy atom. The molecule has 0 saturated heterocycles. The Hall–Kier alpha value is -1.65. The minimum Gasteiger partial charge on any atom is -0.491 e. The number of carbonyl (C=O) groups is 1. The van der Waals surface area contributed by atoms with Gasteiger partial charge in [0.1, 0.15) is 25.2 Å². The van der Waals surface area contributed by atoms with Gasteiger partial charge in [0.05, 0.1) is 6.61 Å². The summed E-state index contributed by atoms with van der Waals surface area (Å²) in [7, 11) is 0. The molecular weight excluding hydrogens is 248 g/mol. The van der Waals surface area contributed by atoms with E-state index in [1.807, 2.05) is 18.2 Å². The fourth-order valence-electron chi connectivity index (χ4n) is 1.54. The predicted molar refractivity (Wildman–Crippen MR) is 72.1 cm³/mol. The molecule has 18 heavy (non-hydrogen) atoms. The molecule has 0 saturated carbocycles. The van der Waals surface area contributed by atoms with Gasteiger partial charge in [0.15, 0.2) is 0 Å². The molecule has 0 atom stereocenters. The summed E-state index contributed by atoms with van der Waals surface area (Å²) in [6, 6.07) is 10.0. The summed E-state index contributed by atoms with van der Waals surface area (Å²) in [5.41, 5.74) is 2.34. The van der Waals surface area contributed by atoms with Gasteiger partial charge in [-0.3, -0.25) is 0 Å². The van der Waals surface area contributed by atoms with Crippen molar-refractivity contribution in [2.24, 2.45) is 0 Å². The summed E-state index contributed by atoms with van der Waals surface area (Å²) in [4.78, 5) is 10.0. The fourth-order valence-corrected chi connectivity index (χ4v) is 2.21. The zero-order chi connectivity index (χ0) is 12.6. The first-order valence-corrected chi connectivity index (χ1v) is 6.61. The van der Waals surface area contributed by atoms with Crippen molar-refractivity contribution in [2.75, 3.05) is 19.8 Å². The van der Waals surface area contributed by atoms with Crippen LogP contribution in [0.15, 0.2) is 41.1 Å². The van der Waals surface area contributed by atoms with Gasteiger partial charge < -0.3 is 14.3 Å². The second-order valence-corrected chi connectivity index (χ2v) is 4.41. The zero-order valence-electron chi connectivity index (χ0n) is 9.87. The molecule has 0 aliphatic rings. The molecule has 0 fully saturated rings. The van der Waals surface area contributed by atoms with Crippen molar-refractivity contribution in [3.63, 3.8) is 0 Å². The van der Waals surface area contributed by atoms with Crippen molar-refractivity contribution in [1.29, 1.82) is 0 Å². The highest BCUT2D eigenvalue weighted by Gasteiger charge is 2.00. The van der Waals surface area contributed by atoms with Crippen LogP contribution in [-0.4, -0.2) is 26.1 Å². The first kappa shape index (κ1) is 12.8. The van der Waals surface area contributed by atoms with E-state index in [0.717, 1.165) is 17.6 Å². The van der Waals surface area contributed by atoms with Crippen molar-refractivity contribution in [3.8, 4) is 16.9 Å². The lowest BCUT2D eigenvalue weighted by molar-refractivity contribution is -0.112. The summed E-state index contributed by atoms with van der Waals surface area (Å²) in [5.74, 6) is 0.813. The number of rotatable bonds is 7. The smallest absolute Gasteiger partial charge is 0.145 e. The molecule has 2 aromatic rings. The lowest BCUT2D eigenvalue weighted by Gasteiger charge is -2.07. The van der Waals surface area contributed by atoms with Crippen LogP contribution in [0.4, 0.5) is 0 Å². The number of benzene rings is 1. The standard InChI is InChI=1S/C14H14O3S/c15-5-6-16-7-8-17-14-3-1-2-12(10-14)13-4-9-18-11-13/h1-5,9-11H,6-8H2. The Labute approximate surface area is 110 Å². The van der Waals surface area contributed by atoms with E-state index in [1.54, 1.807) is 11.3 Å². The molecule has 1 heterocycles. The molecule has 2 rings (SSSR count). The first-order chi connectivity index (χ1) is 8.90. The van der Waals surface area contributed by atoms with E-state index in [1.165, 1.54) is 5.56 Å². The van der Waals surface area contributed by atoms with Crippen LogP contribution in [-0.2, 0) is 9.53 Å². The van der Waals surface area contributed by atoms with Gasteiger partial charge in [-0.1, -0.05) is 12.1 Å². The van der Waals surface area contributed by atoms with E-state index in [2.05, 4.69) is 22.9 Å². The lowest BCUT2D eigenvalue weighted by Crippen LogP contribution is -2.07. The quantitative estimate of drug-likeness (QED) is 0.568. The Balaban J connectivity index is 1.90. The van der Waals surface area contributed by atoms with Crippen molar-refractivity contribution in [1.82, 2.24) is 0 Å². The number of thiophene rings is 1. The first-order valence-electron chi connectivity index (χ1n) is 5.67. The average molecular weight is 262 g/mol. The average Bonchev–Trinajstić information content (AvgIpc) is 2.93. The molecule has 0 radical (unpaired) electrons. The van der Waals surface area contributed by atoms with E-state index in [-0.39, 0.29) is 6.61 Å². The highest BCUT2D eigenvalue weighted by molar-refractivity contribution is 7.08. The lowest BCUT2D eigenvalue weighted by atomic mass is 10.1. The second-order valence-electron chi connectivity index (χ2n) is 3.63. The molecule has 3 nitrogen and oxygen atoms in total. The molecule has 0 unspecified atom stereocenters. The van der Waals surface area contributed by atoms with Crippen LogP contribution in [0.2, 0.25) is 0 Å². The number of carbonyl (C=O) groups excluding carboxylic acids is 1. The summed E-state index contributed by atoms with van der Waals surface area (Å²) in [6.45, 7) is 0.987. The Morgan fingerprint density at radius 3 is 2.89 bits per heavy atom. The van der Waals surface area contributed by atoms with E-state index in [4.69, 9.17) is 9.47 Å². The van der Waals surface area contributed by atoms with Gasteiger partial charge in [-0.15, -0.1) is 0 Å². The fraction of sp³-hybridized carbons (Fsp3) is 0.214. The van der Waals surface area contributed by atoms with E-state index < -0.39 is 0 Å². The van der Waals surface area contributed by atoms with E-state index >= 15 is 0 Å². The van der Waals surface area contributed by atoms with Crippen LogP contribution in [0.1, 0.15) is 0 Å². The number of hydrogen-bond acceptors (Lipinski definition) is 4. The van der Waals surface area contributed by atoms with Crippen molar-refractivity contribution < 1.29 is 14.3 Å². The van der Waals surface area contributed by atoms with E-state index in [9.17, 15) is 4.79 Å². The Morgan fingerprint density at radius 2 is 2.11 bits per heavy atom. The normalized spacial score (nSPS) is 10.2. The van der Waals surface area contributed by atoms with Gasteiger partial charge in [0, 0.05) is 0 Å². The molecule has 1 aromatic heterocycles. The van der Waals surface area contributed by atoms with Crippen molar-refractivity contribution in [2.45, 2.75) is 0 Å². The molecule has 0 N–H and O–H groups in total. The van der Waals surface area contributed by atoms with Gasteiger partial charge in [-0.25, -0.2) is 0 Å². The predicted octanol–water partition coefficient (Wildman–Crippen LogP) is 3.01. The monoisotopic (exact) mass is 262 g/mol. The van der Waals surface area contributed by atoms with Gasteiger partial charge in [0.2, 0.25) is 0 Å². The maximum atomic E-state index is 10.0. The maximum absolute atomic E-state index is 10.0. The van der Waals surface area contributed by atoms with Crippen LogP contribution in [0.25, 0.3) is 11.1 Å². The number of ether oxygens (including phenoxy) is 2. The summed E-state index contributed by atoms with van der Waals surface area (Å²) >= 11 is 1.67. The van der Waals surface area contributed by atoms with Crippen LogP contribution in [0.5, 0.6) is 5.75 Å². The Kier molecular flexibility index (Phi) is 4.93. The van der Waals surface area contributed by atoms with Crippen LogP contribution in [0.3, 0.4) is 0 Å². The topological polar surface area (TPSA) is 35.5 Å². The molecule has 0 bridgehead atoms. The number of hydrogen-bond donors (Lipinski definition) is 0. The molecule has 94 valence electrons. The largest absolute Gasteiger partial charge is 0.491 e. The van der Waals surface area contributed by atoms with E-state index in [0.29, 0.717) is 13.2 Å². The summed E-state index contributed by atoms with van der Waals surface area (Å²) in [5, 5.41) is 4.16. The molecular formula is C14H14O3S. The number of aldehydes is 1. The van der Waals surface area contributed by atoms with Crippen LogP contribution >= 0.6 is 11.3 Å². The van der Waals surface area contributed by atoms with Crippen LogP contribution < -0.4 is 4.74 Å². The maximum Gasteiger partial charge on any atom is 0.145 e. The molecule has 0 spiro atoms. The highest BCUT2D eigenvalue weighted by Crippen LogP contribution is 2.25. The van der Waals surface area contributed by atoms with Gasteiger partial charge >= 0.3 is 0 Å². The molecule has 0 amide bonds. The third-order valence-corrected chi connectivity index (χ3v) is 3.05.